The van der Waals surface area contributed by atoms with E-state index in [0.717, 1.165) is 28.5 Å². The number of pyridine rings is 1. The lowest BCUT2D eigenvalue weighted by Gasteiger charge is -2.07. The van der Waals surface area contributed by atoms with Gasteiger partial charge in [-0.25, -0.2) is 19.3 Å². The highest BCUT2D eigenvalue weighted by Gasteiger charge is 2.13. The molecule has 0 aromatic carbocycles. The highest BCUT2D eigenvalue weighted by Crippen LogP contribution is 2.20. The molecule has 0 atom stereocenters. The monoisotopic (exact) mass is 313 g/mol. The van der Waals surface area contributed by atoms with Crippen molar-refractivity contribution in [2.24, 2.45) is 7.05 Å². The molecule has 0 fully saturated rings. The lowest BCUT2D eigenvalue weighted by molar-refractivity contribution is 0.368. The van der Waals surface area contributed by atoms with Crippen LogP contribution in [0.15, 0.2) is 31.0 Å². The van der Waals surface area contributed by atoms with Gasteiger partial charge < -0.3 is 10.1 Å². The van der Waals surface area contributed by atoms with E-state index in [-0.39, 0.29) is 0 Å². The predicted octanol–water partition coefficient (Wildman–Crippen LogP) is 1.00. The van der Waals surface area contributed by atoms with Gasteiger partial charge in [0.1, 0.15) is 12.7 Å². The number of aryl methyl sites for hydroxylation is 2. The summed E-state index contributed by atoms with van der Waals surface area (Å²) in [5.41, 5.74) is 3.13. The maximum atomic E-state index is 5.39. The molecule has 0 aliphatic carbocycles. The Balaban J connectivity index is 1.61. The molecule has 0 amide bonds. The Labute approximate surface area is 134 Å². The van der Waals surface area contributed by atoms with Crippen molar-refractivity contribution in [3.05, 3.63) is 47.8 Å². The number of rotatable bonds is 6. The van der Waals surface area contributed by atoms with Crippen LogP contribution in [0.4, 0.5) is 0 Å². The molecule has 0 saturated carbocycles. The second kappa shape index (κ2) is 6.57. The van der Waals surface area contributed by atoms with Gasteiger partial charge in [-0.05, 0) is 18.6 Å². The fourth-order valence-corrected chi connectivity index (χ4v) is 2.45. The number of ether oxygens (including phenoxy) is 1. The van der Waals surface area contributed by atoms with Crippen molar-refractivity contribution in [1.82, 2.24) is 34.8 Å². The van der Waals surface area contributed by atoms with Crippen LogP contribution in [0.25, 0.3) is 5.82 Å². The van der Waals surface area contributed by atoms with Crippen LogP contribution in [0, 0.1) is 6.92 Å². The lowest BCUT2D eigenvalue weighted by Crippen LogP contribution is -2.14. The SMILES string of the molecule is COc1c(CNCc2ccc(-n3cncn3)nc2)c(C)nn1C. The second-order valence-corrected chi connectivity index (χ2v) is 5.17. The largest absolute Gasteiger partial charge is 0.481 e. The Morgan fingerprint density at radius 2 is 2.13 bits per heavy atom. The van der Waals surface area contributed by atoms with Crippen LogP contribution in [-0.4, -0.2) is 36.6 Å². The summed E-state index contributed by atoms with van der Waals surface area (Å²) in [4.78, 5) is 8.29. The van der Waals surface area contributed by atoms with E-state index in [4.69, 9.17) is 4.74 Å². The standard InChI is InChI=1S/C15H19N7O/c1-11-13(15(23-3)21(2)20-11)8-16-6-12-4-5-14(18-7-12)22-10-17-9-19-22/h4-5,7,9-10,16H,6,8H2,1-3H3. The first-order valence-electron chi connectivity index (χ1n) is 7.26. The summed E-state index contributed by atoms with van der Waals surface area (Å²) in [6.45, 7) is 3.38. The van der Waals surface area contributed by atoms with E-state index in [1.54, 1.807) is 22.8 Å². The molecule has 0 radical (unpaired) electrons. The number of nitrogens with one attached hydrogen (secondary N) is 1. The maximum Gasteiger partial charge on any atom is 0.216 e. The third kappa shape index (κ3) is 3.21. The van der Waals surface area contributed by atoms with Crippen LogP contribution in [0.2, 0.25) is 0 Å². The van der Waals surface area contributed by atoms with Crippen LogP contribution in [0.1, 0.15) is 16.8 Å². The van der Waals surface area contributed by atoms with Gasteiger partial charge in [-0.3, -0.25) is 0 Å². The van der Waals surface area contributed by atoms with Crippen molar-refractivity contribution < 1.29 is 4.74 Å². The Hall–Kier alpha value is -2.74. The van der Waals surface area contributed by atoms with Crippen molar-refractivity contribution in [2.75, 3.05) is 7.11 Å². The Kier molecular flexibility index (Phi) is 4.33. The number of aromatic nitrogens is 6. The third-order valence-corrected chi connectivity index (χ3v) is 3.58. The second-order valence-electron chi connectivity index (χ2n) is 5.17. The smallest absolute Gasteiger partial charge is 0.216 e. The zero-order valence-corrected chi connectivity index (χ0v) is 13.4. The summed E-state index contributed by atoms with van der Waals surface area (Å²) in [5.74, 6) is 1.53. The first-order chi connectivity index (χ1) is 11.2. The molecule has 23 heavy (non-hydrogen) atoms. The van der Waals surface area contributed by atoms with Crippen LogP contribution >= 0.6 is 0 Å². The Morgan fingerprint density at radius 3 is 2.78 bits per heavy atom. The van der Waals surface area contributed by atoms with Gasteiger partial charge in [-0.15, -0.1) is 0 Å². The maximum absolute atomic E-state index is 5.39. The van der Waals surface area contributed by atoms with E-state index in [2.05, 4.69) is 25.5 Å². The summed E-state index contributed by atoms with van der Waals surface area (Å²) in [6, 6.07) is 3.94. The molecule has 0 spiro atoms. The van der Waals surface area contributed by atoms with Crippen molar-refractivity contribution in [2.45, 2.75) is 20.0 Å². The summed E-state index contributed by atoms with van der Waals surface area (Å²) < 4.78 is 8.77. The van der Waals surface area contributed by atoms with Crippen molar-refractivity contribution in [1.29, 1.82) is 0 Å². The zero-order valence-electron chi connectivity index (χ0n) is 13.4. The van der Waals surface area contributed by atoms with Crippen LogP contribution in [-0.2, 0) is 20.1 Å². The fourth-order valence-electron chi connectivity index (χ4n) is 2.45. The van der Waals surface area contributed by atoms with Gasteiger partial charge in [0.15, 0.2) is 5.82 Å². The highest BCUT2D eigenvalue weighted by atomic mass is 16.5. The first kappa shape index (κ1) is 15.2. The summed E-state index contributed by atoms with van der Waals surface area (Å²) >= 11 is 0. The summed E-state index contributed by atoms with van der Waals surface area (Å²) in [6.07, 6.45) is 4.94. The minimum Gasteiger partial charge on any atom is -0.481 e. The molecular weight excluding hydrogens is 294 g/mol. The van der Waals surface area contributed by atoms with E-state index in [1.807, 2.05) is 32.3 Å². The molecule has 0 bridgehead atoms. The molecule has 0 aliphatic rings. The minimum absolute atomic E-state index is 0.688. The fraction of sp³-hybridized carbons (Fsp3) is 0.333. The molecule has 3 aromatic heterocycles. The minimum atomic E-state index is 0.688. The van der Waals surface area contributed by atoms with Gasteiger partial charge in [0.05, 0.1) is 18.4 Å². The molecular formula is C15H19N7O. The molecule has 3 rings (SSSR count). The number of nitrogens with zero attached hydrogens (tertiary/aromatic N) is 6. The van der Waals surface area contributed by atoms with E-state index >= 15 is 0 Å². The molecule has 120 valence electrons. The zero-order chi connectivity index (χ0) is 16.2. The molecule has 8 heteroatoms. The van der Waals surface area contributed by atoms with E-state index in [0.29, 0.717) is 13.1 Å². The summed E-state index contributed by atoms with van der Waals surface area (Å²) in [7, 11) is 3.54. The lowest BCUT2D eigenvalue weighted by atomic mass is 10.2. The number of hydrogen-bond donors (Lipinski definition) is 1. The van der Waals surface area contributed by atoms with Gasteiger partial charge >= 0.3 is 0 Å². The van der Waals surface area contributed by atoms with Crippen LogP contribution < -0.4 is 10.1 Å². The average molecular weight is 313 g/mol. The number of hydrogen-bond acceptors (Lipinski definition) is 6. The van der Waals surface area contributed by atoms with Gasteiger partial charge in [0, 0.05) is 26.3 Å². The van der Waals surface area contributed by atoms with Gasteiger partial charge in [-0.1, -0.05) is 6.07 Å². The number of methoxy groups -OCH3 is 1. The van der Waals surface area contributed by atoms with E-state index < -0.39 is 0 Å². The van der Waals surface area contributed by atoms with Gasteiger partial charge in [-0.2, -0.15) is 10.2 Å². The van der Waals surface area contributed by atoms with Crippen LogP contribution in [0.3, 0.4) is 0 Å². The Morgan fingerprint density at radius 1 is 1.26 bits per heavy atom. The average Bonchev–Trinajstić information content (AvgIpc) is 3.17. The van der Waals surface area contributed by atoms with Gasteiger partial charge in [0.25, 0.3) is 0 Å². The predicted molar refractivity (Wildman–Crippen MR) is 84.2 cm³/mol. The molecule has 1 N–H and O–H groups in total. The van der Waals surface area contributed by atoms with Gasteiger partial charge in [0.2, 0.25) is 5.88 Å². The molecule has 3 aromatic rings. The highest BCUT2D eigenvalue weighted by molar-refractivity contribution is 5.31. The van der Waals surface area contributed by atoms with Crippen LogP contribution in [0.5, 0.6) is 5.88 Å². The van der Waals surface area contributed by atoms with Crippen molar-refractivity contribution in [3.8, 4) is 11.7 Å². The topological polar surface area (TPSA) is 82.7 Å². The van der Waals surface area contributed by atoms with Crippen molar-refractivity contribution >= 4 is 0 Å². The molecule has 3 heterocycles. The molecule has 8 nitrogen and oxygen atoms in total. The Bertz CT molecular complexity index is 762. The molecule has 0 aliphatic heterocycles. The quantitative estimate of drug-likeness (QED) is 0.731. The van der Waals surface area contributed by atoms with E-state index in [9.17, 15) is 0 Å². The molecule has 0 unspecified atom stereocenters. The van der Waals surface area contributed by atoms with Crippen molar-refractivity contribution in [3.63, 3.8) is 0 Å². The van der Waals surface area contributed by atoms with E-state index in [1.165, 1.54) is 6.33 Å². The summed E-state index contributed by atoms with van der Waals surface area (Å²) in [5, 5.41) is 11.8. The third-order valence-electron chi connectivity index (χ3n) is 3.58. The molecule has 0 saturated heterocycles. The first-order valence-corrected chi connectivity index (χ1v) is 7.26. The normalized spacial score (nSPS) is 10.9.